The molecule has 0 spiro atoms. The van der Waals surface area contributed by atoms with Crippen LogP contribution in [0.15, 0.2) is 77.2 Å². The third-order valence-corrected chi connectivity index (χ3v) is 3.87. The van der Waals surface area contributed by atoms with E-state index in [-0.39, 0.29) is 0 Å². The van der Waals surface area contributed by atoms with Crippen LogP contribution < -0.4 is 18.6 Å². The Morgan fingerprint density at radius 1 is 0.654 bits per heavy atom. The van der Waals surface area contributed by atoms with E-state index in [1.54, 1.807) is 0 Å². The van der Waals surface area contributed by atoms with Gasteiger partial charge in [-0.25, -0.2) is 23.1 Å². The molecule has 0 aliphatic heterocycles. The van der Waals surface area contributed by atoms with Gasteiger partial charge in [0.1, 0.15) is 0 Å². The SMILES string of the molecule is Cc1ccc(-c2[o+]c3ccccc3c3ccccc23)cc1.[O-][Cl+3]([O-])([O-])[O-]. The van der Waals surface area contributed by atoms with Crippen LogP contribution in [0.25, 0.3) is 33.1 Å². The normalized spacial score (nSPS) is 11.3. The first-order valence-electron chi connectivity index (χ1n) is 7.75. The van der Waals surface area contributed by atoms with Gasteiger partial charge in [0.2, 0.25) is 0 Å². The molecule has 0 radical (unpaired) electrons. The van der Waals surface area contributed by atoms with Crippen molar-refractivity contribution in [3.05, 3.63) is 78.4 Å². The molecule has 3 aromatic carbocycles. The second kappa shape index (κ2) is 7.37. The Morgan fingerprint density at radius 3 is 1.77 bits per heavy atom. The molecule has 4 aromatic rings. The Labute approximate surface area is 152 Å². The summed E-state index contributed by atoms with van der Waals surface area (Å²) in [5, 5.41) is 3.54. The molecule has 1 aromatic heterocycles. The second-order valence-corrected chi connectivity index (χ2v) is 6.47. The number of hydrogen-bond acceptors (Lipinski definition) is 4. The zero-order valence-electron chi connectivity index (χ0n) is 13.8. The van der Waals surface area contributed by atoms with Gasteiger partial charge in [0.05, 0.1) is 16.3 Å². The van der Waals surface area contributed by atoms with Crippen molar-refractivity contribution in [1.82, 2.24) is 0 Å². The minimum Gasteiger partial charge on any atom is -0.222 e. The van der Waals surface area contributed by atoms with Crippen molar-refractivity contribution >= 4 is 21.7 Å². The molecule has 0 bridgehead atoms. The molecule has 1 heterocycles. The number of benzene rings is 3. The van der Waals surface area contributed by atoms with E-state index in [0.29, 0.717) is 0 Å². The number of rotatable bonds is 1. The van der Waals surface area contributed by atoms with E-state index < -0.39 is 10.2 Å². The summed E-state index contributed by atoms with van der Waals surface area (Å²) in [6, 6.07) is 25.1. The van der Waals surface area contributed by atoms with Crippen LogP contribution in [0.4, 0.5) is 0 Å². The number of aryl methyl sites for hydroxylation is 1. The first-order chi connectivity index (χ1) is 12.3. The molecule has 0 amide bonds. The van der Waals surface area contributed by atoms with E-state index in [0.717, 1.165) is 27.7 Å². The third-order valence-electron chi connectivity index (χ3n) is 3.87. The first-order valence-corrected chi connectivity index (χ1v) is 8.99. The van der Waals surface area contributed by atoms with E-state index in [4.69, 9.17) is 23.1 Å². The lowest BCUT2D eigenvalue weighted by Crippen LogP contribution is -2.68. The average molecular weight is 371 g/mol. The first kappa shape index (κ1) is 18.3. The summed E-state index contributed by atoms with van der Waals surface area (Å²) >= 11 is 0. The van der Waals surface area contributed by atoms with Crippen molar-refractivity contribution in [3.63, 3.8) is 0 Å². The zero-order valence-corrected chi connectivity index (χ0v) is 14.6. The Bertz CT molecular complexity index is 1030. The van der Waals surface area contributed by atoms with Gasteiger partial charge in [0.25, 0.3) is 0 Å². The van der Waals surface area contributed by atoms with Crippen LogP contribution in [0.1, 0.15) is 5.56 Å². The predicted molar refractivity (Wildman–Crippen MR) is 88.3 cm³/mol. The number of hydrogen-bond donors (Lipinski definition) is 0. The van der Waals surface area contributed by atoms with Crippen LogP contribution in [0.2, 0.25) is 0 Å². The van der Waals surface area contributed by atoms with Gasteiger partial charge in [-0.3, -0.25) is 0 Å². The Kier molecular flexibility index (Phi) is 5.18. The number of para-hydroxylation sites is 1. The fraction of sp³-hybridized carbons (Fsp3) is 0.0500. The lowest BCUT2D eigenvalue weighted by molar-refractivity contribution is -2.00. The van der Waals surface area contributed by atoms with Crippen molar-refractivity contribution in [3.8, 4) is 11.3 Å². The van der Waals surface area contributed by atoms with E-state index in [2.05, 4.69) is 67.6 Å². The third kappa shape index (κ3) is 4.35. The summed E-state index contributed by atoms with van der Waals surface area (Å²) < 4.78 is 40.2. The molecular formula is C20H15ClO5. The maximum Gasteiger partial charge on any atom is 0.368 e. The van der Waals surface area contributed by atoms with Gasteiger partial charge in [0.15, 0.2) is 0 Å². The highest BCUT2D eigenvalue weighted by Crippen LogP contribution is 2.34. The molecule has 26 heavy (non-hydrogen) atoms. The van der Waals surface area contributed by atoms with Crippen molar-refractivity contribution in [2.24, 2.45) is 0 Å². The largest absolute Gasteiger partial charge is 0.368 e. The van der Waals surface area contributed by atoms with Crippen LogP contribution in [0, 0.1) is 17.2 Å². The molecular weight excluding hydrogens is 356 g/mol. The maximum atomic E-state index is 8.49. The van der Waals surface area contributed by atoms with Gasteiger partial charge in [-0.05, 0) is 31.2 Å². The average Bonchev–Trinajstić information content (AvgIpc) is 2.60. The fourth-order valence-electron chi connectivity index (χ4n) is 2.78. The summed E-state index contributed by atoms with van der Waals surface area (Å²) in [6.07, 6.45) is 0. The molecule has 132 valence electrons. The molecule has 0 fully saturated rings. The second-order valence-electron chi connectivity index (χ2n) is 5.72. The lowest BCUT2D eigenvalue weighted by Gasteiger charge is -2.17. The topological polar surface area (TPSA) is 104 Å². The Hall–Kier alpha value is -2.54. The van der Waals surface area contributed by atoms with Crippen molar-refractivity contribution in [2.75, 3.05) is 0 Å². The van der Waals surface area contributed by atoms with Crippen molar-refractivity contribution in [1.29, 1.82) is 0 Å². The predicted octanol–water partition coefficient (Wildman–Crippen LogP) is 1.09. The molecule has 0 atom stereocenters. The Morgan fingerprint density at radius 2 is 1.15 bits per heavy atom. The van der Waals surface area contributed by atoms with Crippen LogP contribution in [-0.4, -0.2) is 0 Å². The minimum absolute atomic E-state index is 0.923. The van der Waals surface area contributed by atoms with Crippen LogP contribution >= 0.6 is 0 Å². The molecule has 5 nitrogen and oxygen atoms in total. The van der Waals surface area contributed by atoms with Crippen LogP contribution in [0.3, 0.4) is 0 Å². The highest BCUT2D eigenvalue weighted by atomic mass is 35.7. The van der Waals surface area contributed by atoms with Gasteiger partial charge in [0, 0.05) is 11.5 Å². The van der Waals surface area contributed by atoms with Gasteiger partial charge >= 0.3 is 11.3 Å². The standard InChI is InChI=1S/C20H15O.ClHO4/c1-14-10-12-15(13-11-14)20-18-8-3-2-6-16(18)17-7-4-5-9-19(17)21-20;2-1(3,4)5/h2-13H,1H3;(H,2,3,4,5)/q+1;/p-1. The van der Waals surface area contributed by atoms with E-state index >= 15 is 0 Å². The Balaban J connectivity index is 0.000000349. The highest BCUT2D eigenvalue weighted by Gasteiger charge is 2.20. The monoisotopic (exact) mass is 370 g/mol. The summed E-state index contributed by atoms with van der Waals surface area (Å²) in [5.41, 5.74) is 3.29. The molecule has 0 saturated carbocycles. The minimum atomic E-state index is -4.94. The molecule has 0 aliphatic carbocycles. The molecule has 0 N–H and O–H groups in total. The lowest BCUT2D eigenvalue weighted by atomic mass is 10.0. The highest BCUT2D eigenvalue weighted by molar-refractivity contribution is 6.09. The number of fused-ring (bicyclic) bond motifs is 3. The van der Waals surface area contributed by atoms with E-state index in [1.165, 1.54) is 10.9 Å². The number of halogens is 1. The van der Waals surface area contributed by atoms with Crippen molar-refractivity contribution in [2.45, 2.75) is 6.92 Å². The van der Waals surface area contributed by atoms with Gasteiger partial charge < -0.3 is 0 Å². The maximum absolute atomic E-state index is 8.49. The van der Waals surface area contributed by atoms with Gasteiger partial charge in [-0.2, -0.15) is 0 Å². The summed E-state index contributed by atoms with van der Waals surface area (Å²) in [5.74, 6) is 0.935. The molecule has 0 saturated heterocycles. The smallest absolute Gasteiger partial charge is 0.222 e. The van der Waals surface area contributed by atoms with E-state index in [1.807, 2.05) is 12.1 Å². The van der Waals surface area contributed by atoms with E-state index in [9.17, 15) is 0 Å². The van der Waals surface area contributed by atoms with Gasteiger partial charge in [-0.1, -0.05) is 48.0 Å². The summed E-state index contributed by atoms with van der Waals surface area (Å²) in [4.78, 5) is 0. The van der Waals surface area contributed by atoms with Crippen molar-refractivity contribution < 1.29 is 33.3 Å². The van der Waals surface area contributed by atoms with Crippen LogP contribution in [0.5, 0.6) is 0 Å². The fourth-order valence-corrected chi connectivity index (χ4v) is 2.78. The molecule has 0 aliphatic rings. The molecule has 4 rings (SSSR count). The summed E-state index contributed by atoms with van der Waals surface area (Å²) in [6.45, 7) is 2.10. The quantitative estimate of drug-likeness (QED) is 0.368. The molecule has 0 unspecified atom stereocenters. The zero-order chi connectivity index (χ0) is 18.7. The summed E-state index contributed by atoms with van der Waals surface area (Å²) in [7, 11) is -4.94. The van der Waals surface area contributed by atoms with Gasteiger partial charge in [-0.15, -0.1) is 10.2 Å². The molecule has 6 heteroatoms. The van der Waals surface area contributed by atoms with Crippen LogP contribution in [-0.2, 0) is 0 Å².